The number of ether oxygens (including phenoxy) is 1. The summed E-state index contributed by atoms with van der Waals surface area (Å²) < 4.78 is 6.25. The Balaban J connectivity index is 1.71. The molecule has 2 heteroatoms. The molecule has 0 saturated heterocycles. The van der Waals surface area contributed by atoms with Crippen LogP contribution in [0.3, 0.4) is 0 Å². The van der Waals surface area contributed by atoms with Crippen molar-refractivity contribution in [1.82, 2.24) is 0 Å². The van der Waals surface area contributed by atoms with Crippen molar-refractivity contribution in [2.24, 2.45) is 11.3 Å². The summed E-state index contributed by atoms with van der Waals surface area (Å²) in [6.45, 7) is 6.34. The lowest BCUT2D eigenvalue weighted by molar-refractivity contribution is 0.388. The minimum Gasteiger partial charge on any atom is -0.457 e. The number of para-hydroxylation sites is 2. The van der Waals surface area contributed by atoms with Gasteiger partial charge < -0.3 is 10.5 Å². The van der Waals surface area contributed by atoms with Crippen LogP contribution >= 0.6 is 0 Å². The number of rotatable bonds is 5. The normalized spacial score (nSPS) is 23.0. The monoisotopic (exact) mass is 369 g/mol. The van der Waals surface area contributed by atoms with E-state index in [9.17, 15) is 0 Å². The average Bonchev–Trinajstić information content (AvgIpc) is 3.28. The van der Waals surface area contributed by atoms with E-state index >= 15 is 0 Å². The lowest BCUT2D eigenvalue weighted by atomic mass is 9.70. The highest BCUT2D eigenvalue weighted by atomic mass is 16.5. The molecule has 142 valence electrons. The van der Waals surface area contributed by atoms with E-state index < -0.39 is 0 Å². The third-order valence-electron chi connectivity index (χ3n) is 5.93. The molecule has 2 atom stereocenters. The van der Waals surface area contributed by atoms with Crippen molar-refractivity contribution in [2.45, 2.75) is 27.2 Å². The highest BCUT2D eigenvalue weighted by molar-refractivity contribution is 5.55. The van der Waals surface area contributed by atoms with E-state index in [2.05, 4.69) is 81.5 Å². The first kappa shape index (κ1) is 18.4. The second-order valence-electron chi connectivity index (χ2n) is 7.96. The second-order valence-corrected chi connectivity index (χ2v) is 7.96. The van der Waals surface area contributed by atoms with E-state index in [1.165, 1.54) is 11.1 Å². The molecule has 2 aromatic rings. The maximum atomic E-state index is 6.42. The molecule has 4 rings (SSSR count). The van der Waals surface area contributed by atoms with Crippen LogP contribution < -0.4 is 10.5 Å². The number of allylic oxidation sites excluding steroid dienone is 7. The fraction of sp³-hybridized carbons (Fsp3) is 0.231. The predicted molar refractivity (Wildman–Crippen MR) is 117 cm³/mol. The fourth-order valence-corrected chi connectivity index (χ4v) is 4.28. The van der Waals surface area contributed by atoms with Gasteiger partial charge >= 0.3 is 0 Å². The molecule has 28 heavy (non-hydrogen) atoms. The number of nitrogen functional groups attached to an aromatic ring is 1. The van der Waals surface area contributed by atoms with Crippen LogP contribution in [-0.2, 0) is 6.42 Å². The van der Waals surface area contributed by atoms with Crippen molar-refractivity contribution in [2.75, 3.05) is 5.73 Å². The minimum atomic E-state index is -0.173. The van der Waals surface area contributed by atoms with Crippen LogP contribution in [0.1, 0.15) is 23.6 Å². The molecule has 0 spiro atoms. The molecule has 0 saturated carbocycles. The molecule has 2 N–H and O–H groups in total. The Hall–Kier alpha value is -3.00. The molecule has 2 aromatic carbocycles. The van der Waals surface area contributed by atoms with Gasteiger partial charge in [0, 0.05) is 17.0 Å². The van der Waals surface area contributed by atoms with E-state index in [1.807, 2.05) is 18.2 Å². The zero-order chi connectivity index (χ0) is 19.7. The Morgan fingerprint density at radius 1 is 1.00 bits per heavy atom. The third-order valence-corrected chi connectivity index (χ3v) is 5.93. The van der Waals surface area contributed by atoms with Gasteiger partial charge in [-0.05, 0) is 62.1 Å². The predicted octanol–water partition coefficient (Wildman–Crippen LogP) is 6.08. The summed E-state index contributed by atoms with van der Waals surface area (Å²) in [5.41, 5.74) is 12.0. The summed E-state index contributed by atoms with van der Waals surface area (Å²) in [4.78, 5) is 0. The Labute approximate surface area is 167 Å². The molecule has 2 aliphatic carbocycles. The van der Waals surface area contributed by atoms with Crippen molar-refractivity contribution < 1.29 is 4.74 Å². The van der Waals surface area contributed by atoms with Gasteiger partial charge in [0.15, 0.2) is 0 Å². The van der Waals surface area contributed by atoms with Crippen LogP contribution in [0.15, 0.2) is 90.3 Å². The zero-order valence-electron chi connectivity index (χ0n) is 16.8. The quantitative estimate of drug-likeness (QED) is 0.648. The number of aryl methyl sites for hydroxylation is 2. The molecular weight excluding hydrogens is 342 g/mol. The molecule has 2 nitrogen and oxygen atoms in total. The molecule has 0 heterocycles. The summed E-state index contributed by atoms with van der Waals surface area (Å²) in [5.74, 6) is 2.11. The molecule has 0 radical (unpaired) electrons. The van der Waals surface area contributed by atoms with Crippen molar-refractivity contribution in [3.63, 3.8) is 0 Å². The molecule has 2 aliphatic rings. The number of anilines is 1. The SMILES string of the molecule is CC1=CC=CC1[C@]1(Cc2cccc(C)c2N)C=CC(Oc2ccccc2C)=C1. The van der Waals surface area contributed by atoms with Crippen molar-refractivity contribution in [1.29, 1.82) is 0 Å². The van der Waals surface area contributed by atoms with Gasteiger partial charge in [0.25, 0.3) is 0 Å². The van der Waals surface area contributed by atoms with Gasteiger partial charge in [0.05, 0.1) is 0 Å². The van der Waals surface area contributed by atoms with Crippen LogP contribution in [0.5, 0.6) is 5.75 Å². The Morgan fingerprint density at radius 3 is 2.54 bits per heavy atom. The third kappa shape index (κ3) is 3.31. The Kier molecular flexibility index (Phi) is 4.72. The van der Waals surface area contributed by atoms with Gasteiger partial charge in [-0.2, -0.15) is 0 Å². The van der Waals surface area contributed by atoms with Gasteiger partial charge in [-0.3, -0.25) is 0 Å². The van der Waals surface area contributed by atoms with Gasteiger partial charge in [0.2, 0.25) is 0 Å². The van der Waals surface area contributed by atoms with Crippen LogP contribution in [0.2, 0.25) is 0 Å². The van der Waals surface area contributed by atoms with E-state index in [0.717, 1.165) is 34.7 Å². The van der Waals surface area contributed by atoms with E-state index in [0.29, 0.717) is 5.92 Å². The largest absolute Gasteiger partial charge is 0.457 e. The lowest BCUT2D eigenvalue weighted by Crippen LogP contribution is -2.27. The smallest absolute Gasteiger partial charge is 0.130 e. The minimum absolute atomic E-state index is 0.173. The summed E-state index contributed by atoms with van der Waals surface area (Å²) in [6.07, 6.45) is 14.2. The molecule has 0 bridgehead atoms. The first-order valence-electron chi connectivity index (χ1n) is 9.83. The van der Waals surface area contributed by atoms with E-state index in [1.54, 1.807) is 0 Å². The van der Waals surface area contributed by atoms with E-state index in [4.69, 9.17) is 10.5 Å². The second kappa shape index (κ2) is 7.20. The number of hydrogen-bond acceptors (Lipinski definition) is 2. The summed E-state index contributed by atoms with van der Waals surface area (Å²) >= 11 is 0. The fourth-order valence-electron chi connectivity index (χ4n) is 4.28. The maximum Gasteiger partial charge on any atom is 0.130 e. The highest BCUT2D eigenvalue weighted by Crippen LogP contribution is 2.47. The van der Waals surface area contributed by atoms with Crippen LogP contribution in [0.4, 0.5) is 5.69 Å². The molecule has 0 amide bonds. The molecule has 0 aliphatic heterocycles. The van der Waals surface area contributed by atoms with Crippen molar-refractivity contribution >= 4 is 5.69 Å². The first-order chi connectivity index (χ1) is 13.5. The zero-order valence-corrected chi connectivity index (χ0v) is 16.8. The number of hydrogen-bond donors (Lipinski definition) is 1. The standard InChI is InChI=1S/C26H27NO/c1-18-9-7-12-23(18)26(16-21-11-6-10-20(3)25(21)27)15-14-22(17-26)28-24-13-5-4-8-19(24)2/h4-15,17,23H,16,27H2,1-3H3/t23?,26-/m0/s1. The molecule has 0 fully saturated rings. The number of benzene rings is 2. The van der Waals surface area contributed by atoms with Crippen molar-refractivity contribution in [3.8, 4) is 5.75 Å². The van der Waals surface area contributed by atoms with Gasteiger partial charge in [-0.1, -0.05) is 66.3 Å². The first-order valence-corrected chi connectivity index (χ1v) is 9.83. The Bertz CT molecular complexity index is 1020. The molecule has 0 aromatic heterocycles. The van der Waals surface area contributed by atoms with Crippen LogP contribution in [-0.4, -0.2) is 0 Å². The van der Waals surface area contributed by atoms with E-state index in [-0.39, 0.29) is 5.41 Å². The van der Waals surface area contributed by atoms with Gasteiger partial charge in [-0.15, -0.1) is 0 Å². The Morgan fingerprint density at radius 2 is 1.79 bits per heavy atom. The summed E-state index contributed by atoms with van der Waals surface area (Å²) in [7, 11) is 0. The van der Waals surface area contributed by atoms with Crippen molar-refractivity contribution in [3.05, 3.63) is 107 Å². The summed E-state index contributed by atoms with van der Waals surface area (Å²) in [6, 6.07) is 14.4. The van der Waals surface area contributed by atoms with Crippen LogP contribution in [0.25, 0.3) is 0 Å². The van der Waals surface area contributed by atoms with Gasteiger partial charge in [0.1, 0.15) is 11.5 Å². The summed E-state index contributed by atoms with van der Waals surface area (Å²) in [5, 5.41) is 0. The molecule has 1 unspecified atom stereocenters. The lowest BCUT2D eigenvalue weighted by Gasteiger charge is -2.33. The maximum absolute atomic E-state index is 6.42. The topological polar surface area (TPSA) is 35.2 Å². The highest BCUT2D eigenvalue weighted by Gasteiger charge is 2.39. The van der Waals surface area contributed by atoms with Gasteiger partial charge in [-0.25, -0.2) is 0 Å². The molecular formula is C26H27NO. The van der Waals surface area contributed by atoms with Crippen LogP contribution in [0, 0.1) is 25.2 Å². The average molecular weight is 370 g/mol. The number of nitrogens with two attached hydrogens (primary N) is 1.